The summed E-state index contributed by atoms with van der Waals surface area (Å²) in [5.74, 6) is 2.01. The molecule has 7 heteroatoms. The Morgan fingerprint density at radius 3 is 2.58 bits per heavy atom. The number of benzene rings is 2. The first-order valence-corrected chi connectivity index (χ1v) is 8.07. The fourth-order valence-electron chi connectivity index (χ4n) is 2.49. The van der Waals surface area contributed by atoms with Crippen molar-refractivity contribution in [1.82, 2.24) is 5.43 Å². The van der Waals surface area contributed by atoms with Gasteiger partial charge in [0.15, 0.2) is 23.0 Å². The van der Waals surface area contributed by atoms with Crippen molar-refractivity contribution >= 4 is 11.6 Å². The van der Waals surface area contributed by atoms with Crippen LogP contribution in [0.5, 0.6) is 23.0 Å². The number of fused-ring (bicyclic) bond motifs is 1. The SMILES string of the molecule is COc1ccc(/C(C)=N\NC(=O)[C@@H]2COc3ccccc3O2)cc1OC. The molecule has 0 saturated heterocycles. The van der Waals surface area contributed by atoms with E-state index in [0.717, 1.165) is 5.56 Å². The maximum Gasteiger partial charge on any atom is 0.284 e. The standard InChI is InChI=1S/C19H20N2O5/c1-12(13-8-9-14(23-2)17(10-13)24-3)20-21-19(22)18-11-25-15-6-4-5-7-16(15)26-18/h4-10,18H,11H2,1-3H3,(H,21,22)/b20-12-/t18-/m0/s1. The molecular formula is C19H20N2O5. The Labute approximate surface area is 151 Å². The van der Waals surface area contributed by atoms with Gasteiger partial charge in [-0.3, -0.25) is 4.79 Å². The van der Waals surface area contributed by atoms with Gasteiger partial charge >= 0.3 is 0 Å². The summed E-state index contributed by atoms with van der Waals surface area (Å²) in [7, 11) is 3.14. The van der Waals surface area contributed by atoms with Gasteiger partial charge < -0.3 is 18.9 Å². The van der Waals surface area contributed by atoms with Crippen molar-refractivity contribution in [2.24, 2.45) is 5.10 Å². The van der Waals surface area contributed by atoms with Gasteiger partial charge in [-0.25, -0.2) is 5.43 Å². The van der Waals surface area contributed by atoms with E-state index in [1.807, 2.05) is 18.2 Å². The third-order valence-electron chi connectivity index (χ3n) is 3.94. The Balaban J connectivity index is 1.67. The van der Waals surface area contributed by atoms with E-state index in [-0.39, 0.29) is 12.5 Å². The zero-order chi connectivity index (χ0) is 18.5. The molecule has 0 bridgehead atoms. The molecule has 1 aliphatic rings. The fourth-order valence-corrected chi connectivity index (χ4v) is 2.49. The largest absolute Gasteiger partial charge is 0.493 e. The van der Waals surface area contributed by atoms with Gasteiger partial charge in [0.2, 0.25) is 6.10 Å². The topological polar surface area (TPSA) is 78.4 Å². The summed E-state index contributed by atoms with van der Waals surface area (Å²) in [4.78, 5) is 12.3. The third-order valence-corrected chi connectivity index (χ3v) is 3.94. The molecule has 7 nitrogen and oxygen atoms in total. The molecule has 0 fully saturated rings. The molecular weight excluding hydrogens is 336 g/mol. The lowest BCUT2D eigenvalue weighted by Gasteiger charge is -2.24. The number of carbonyl (C=O) groups is 1. The van der Waals surface area contributed by atoms with Crippen LogP contribution in [0.15, 0.2) is 47.6 Å². The van der Waals surface area contributed by atoms with Gasteiger partial charge in [0.25, 0.3) is 5.91 Å². The van der Waals surface area contributed by atoms with Gasteiger partial charge in [0, 0.05) is 5.56 Å². The molecule has 0 unspecified atom stereocenters. The zero-order valence-corrected chi connectivity index (χ0v) is 14.8. The number of nitrogens with one attached hydrogen (secondary N) is 1. The van der Waals surface area contributed by atoms with Gasteiger partial charge in [0.05, 0.1) is 19.9 Å². The van der Waals surface area contributed by atoms with Gasteiger partial charge in [-0.2, -0.15) is 5.10 Å². The van der Waals surface area contributed by atoms with E-state index < -0.39 is 6.10 Å². The molecule has 2 aromatic rings. The number of amides is 1. The lowest BCUT2D eigenvalue weighted by atomic mass is 10.1. The van der Waals surface area contributed by atoms with E-state index in [2.05, 4.69) is 10.5 Å². The number of hydrogen-bond donors (Lipinski definition) is 1. The van der Waals surface area contributed by atoms with Gasteiger partial charge in [-0.05, 0) is 37.3 Å². The molecule has 0 radical (unpaired) electrons. The summed E-state index contributed by atoms with van der Waals surface area (Å²) in [6.07, 6.45) is -0.758. The molecule has 1 heterocycles. The molecule has 0 spiro atoms. The van der Waals surface area contributed by atoms with Crippen molar-refractivity contribution in [3.05, 3.63) is 48.0 Å². The first kappa shape index (κ1) is 17.6. The first-order valence-electron chi connectivity index (χ1n) is 8.07. The van der Waals surface area contributed by atoms with Gasteiger partial charge in [0.1, 0.15) is 6.61 Å². The number of nitrogens with zero attached hydrogens (tertiary/aromatic N) is 1. The highest BCUT2D eigenvalue weighted by Crippen LogP contribution is 2.31. The maximum absolute atomic E-state index is 12.3. The number of ether oxygens (including phenoxy) is 4. The normalized spacial score (nSPS) is 16.0. The predicted octanol–water partition coefficient (Wildman–Crippen LogP) is 2.38. The van der Waals surface area contributed by atoms with Gasteiger partial charge in [-0.1, -0.05) is 12.1 Å². The summed E-state index contributed by atoms with van der Waals surface area (Å²) in [5, 5.41) is 4.14. The molecule has 1 N–H and O–H groups in total. The van der Waals surface area contributed by atoms with Crippen molar-refractivity contribution in [2.75, 3.05) is 20.8 Å². The molecule has 0 aromatic heterocycles. The van der Waals surface area contributed by atoms with Crippen molar-refractivity contribution in [3.8, 4) is 23.0 Å². The number of para-hydroxylation sites is 2. The van der Waals surface area contributed by atoms with E-state index in [4.69, 9.17) is 18.9 Å². The van der Waals surface area contributed by atoms with E-state index >= 15 is 0 Å². The molecule has 2 aromatic carbocycles. The molecule has 1 amide bonds. The van der Waals surface area contributed by atoms with Crippen molar-refractivity contribution < 1.29 is 23.7 Å². The van der Waals surface area contributed by atoms with Crippen molar-refractivity contribution in [1.29, 1.82) is 0 Å². The Bertz CT molecular complexity index is 834. The lowest BCUT2D eigenvalue weighted by Crippen LogP contribution is -2.42. The monoisotopic (exact) mass is 356 g/mol. The van der Waals surface area contributed by atoms with Crippen LogP contribution in [0.2, 0.25) is 0 Å². The summed E-state index contributed by atoms with van der Waals surface area (Å²) < 4.78 is 21.7. The molecule has 1 aliphatic heterocycles. The van der Waals surface area contributed by atoms with Crippen LogP contribution >= 0.6 is 0 Å². The predicted molar refractivity (Wildman–Crippen MR) is 96.3 cm³/mol. The quantitative estimate of drug-likeness (QED) is 0.657. The number of hydrogen-bond acceptors (Lipinski definition) is 6. The highest BCUT2D eigenvalue weighted by molar-refractivity contribution is 6.00. The molecule has 26 heavy (non-hydrogen) atoms. The molecule has 0 aliphatic carbocycles. The zero-order valence-electron chi connectivity index (χ0n) is 14.8. The average molecular weight is 356 g/mol. The summed E-state index contributed by atoms with van der Waals surface area (Å²) in [5.41, 5.74) is 3.94. The minimum atomic E-state index is -0.758. The Hall–Kier alpha value is -3.22. The first-order chi connectivity index (χ1) is 12.6. The van der Waals surface area contributed by atoms with Crippen LogP contribution in [-0.4, -0.2) is 38.5 Å². The third kappa shape index (κ3) is 3.72. The second-order valence-corrected chi connectivity index (χ2v) is 5.61. The van der Waals surface area contributed by atoms with Crippen molar-refractivity contribution in [3.63, 3.8) is 0 Å². The van der Waals surface area contributed by atoms with Crippen LogP contribution in [-0.2, 0) is 4.79 Å². The van der Waals surface area contributed by atoms with Crippen LogP contribution in [0.3, 0.4) is 0 Å². The van der Waals surface area contributed by atoms with Crippen LogP contribution in [0.4, 0.5) is 0 Å². The van der Waals surface area contributed by atoms with Crippen LogP contribution < -0.4 is 24.4 Å². The number of carbonyl (C=O) groups excluding carboxylic acids is 1. The van der Waals surface area contributed by atoms with E-state index in [1.54, 1.807) is 45.4 Å². The number of rotatable bonds is 5. The van der Waals surface area contributed by atoms with Crippen molar-refractivity contribution in [2.45, 2.75) is 13.0 Å². The summed E-state index contributed by atoms with van der Waals surface area (Å²) >= 11 is 0. The van der Waals surface area contributed by atoms with Crippen LogP contribution in [0.1, 0.15) is 12.5 Å². The molecule has 1 atom stereocenters. The molecule has 3 rings (SSSR count). The van der Waals surface area contributed by atoms with E-state index in [1.165, 1.54) is 0 Å². The molecule has 0 saturated carbocycles. The van der Waals surface area contributed by atoms with E-state index in [0.29, 0.717) is 28.7 Å². The summed E-state index contributed by atoms with van der Waals surface area (Å²) in [6, 6.07) is 12.6. The average Bonchev–Trinajstić information content (AvgIpc) is 2.70. The fraction of sp³-hybridized carbons (Fsp3) is 0.263. The second-order valence-electron chi connectivity index (χ2n) is 5.61. The lowest BCUT2D eigenvalue weighted by molar-refractivity contribution is -0.130. The number of methoxy groups -OCH3 is 2. The van der Waals surface area contributed by atoms with Gasteiger partial charge in [-0.15, -0.1) is 0 Å². The second kappa shape index (κ2) is 7.77. The Morgan fingerprint density at radius 2 is 1.85 bits per heavy atom. The highest BCUT2D eigenvalue weighted by atomic mass is 16.6. The minimum absolute atomic E-state index is 0.133. The van der Waals surface area contributed by atoms with Crippen LogP contribution in [0, 0.1) is 0 Å². The minimum Gasteiger partial charge on any atom is -0.493 e. The molecule has 136 valence electrons. The Kier molecular flexibility index (Phi) is 5.26. The van der Waals surface area contributed by atoms with E-state index in [9.17, 15) is 4.79 Å². The Morgan fingerprint density at radius 1 is 1.12 bits per heavy atom. The smallest absolute Gasteiger partial charge is 0.284 e. The summed E-state index contributed by atoms with van der Waals surface area (Å²) in [6.45, 7) is 1.92. The maximum atomic E-state index is 12.3. The van der Waals surface area contributed by atoms with Crippen LogP contribution in [0.25, 0.3) is 0 Å². The number of hydrazone groups is 1. The highest BCUT2D eigenvalue weighted by Gasteiger charge is 2.27.